The molecule has 0 amide bonds. The molecule has 1 aromatic carbocycles. The van der Waals surface area contributed by atoms with Gasteiger partial charge in [-0.15, -0.1) is 0 Å². The molecule has 146 valence electrons. The number of sulfonamides is 1. The number of piperidine rings is 1. The van der Waals surface area contributed by atoms with Crippen LogP contribution < -0.4 is 5.32 Å². The zero-order chi connectivity index (χ0) is 19.6. The van der Waals surface area contributed by atoms with E-state index in [-0.39, 0.29) is 17.5 Å². The van der Waals surface area contributed by atoms with Gasteiger partial charge in [0.05, 0.1) is 10.7 Å². The van der Waals surface area contributed by atoms with Crippen LogP contribution in [0.25, 0.3) is 10.9 Å². The summed E-state index contributed by atoms with van der Waals surface area (Å²) >= 11 is 0. The lowest BCUT2D eigenvalue weighted by molar-refractivity contribution is -0.383. The van der Waals surface area contributed by atoms with Crippen molar-refractivity contribution in [1.29, 1.82) is 0 Å². The molecule has 1 aliphatic rings. The topological polar surface area (TPSA) is 105 Å². The molecule has 1 aromatic heterocycles. The van der Waals surface area contributed by atoms with Crippen LogP contribution in [0.2, 0.25) is 0 Å². The number of hydrogen-bond donors (Lipinski definition) is 1. The van der Waals surface area contributed by atoms with Gasteiger partial charge in [0.2, 0.25) is 10.0 Å². The molecule has 1 N–H and O–H groups in total. The molecular weight excluding hydrogens is 368 g/mol. The molecule has 0 radical (unpaired) electrons. The first-order valence-electron chi connectivity index (χ1n) is 9.11. The Labute approximate surface area is 158 Å². The maximum atomic E-state index is 12.2. The molecule has 2 heterocycles. The number of non-ortho nitro benzene ring substituents is 1. The number of rotatable bonds is 6. The highest BCUT2D eigenvalue weighted by molar-refractivity contribution is 7.89. The maximum Gasteiger partial charge on any atom is 0.295 e. The number of para-hydroxylation sites is 1. The number of pyridine rings is 1. The second kappa shape index (κ2) is 7.77. The monoisotopic (exact) mass is 392 g/mol. The highest BCUT2D eigenvalue weighted by Gasteiger charge is 2.27. The Balaban J connectivity index is 1.80. The van der Waals surface area contributed by atoms with E-state index in [0.29, 0.717) is 48.9 Å². The SMILES string of the molecule is CCCS(=O)(=O)N1CCC(Nc2cc(C)nc3c([N+](=O)[O-])cccc23)CC1. The van der Waals surface area contributed by atoms with Gasteiger partial charge >= 0.3 is 0 Å². The molecule has 1 aliphatic heterocycles. The van der Waals surface area contributed by atoms with Crippen molar-refractivity contribution in [3.8, 4) is 0 Å². The Morgan fingerprint density at radius 1 is 1.33 bits per heavy atom. The van der Waals surface area contributed by atoms with E-state index in [2.05, 4.69) is 10.3 Å². The number of nitrogens with zero attached hydrogens (tertiary/aromatic N) is 3. The van der Waals surface area contributed by atoms with Gasteiger partial charge in [0.1, 0.15) is 0 Å². The average molecular weight is 392 g/mol. The molecule has 0 atom stereocenters. The normalized spacial score (nSPS) is 16.5. The largest absolute Gasteiger partial charge is 0.382 e. The summed E-state index contributed by atoms with van der Waals surface area (Å²) in [5.74, 6) is 0.183. The van der Waals surface area contributed by atoms with Crippen molar-refractivity contribution >= 4 is 32.3 Å². The van der Waals surface area contributed by atoms with Crippen molar-refractivity contribution in [1.82, 2.24) is 9.29 Å². The number of nitro benzene ring substituents is 1. The molecule has 9 heteroatoms. The van der Waals surface area contributed by atoms with Crippen LogP contribution in [0.4, 0.5) is 11.4 Å². The zero-order valence-electron chi connectivity index (χ0n) is 15.5. The van der Waals surface area contributed by atoms with Crippen LogP contribution >= 0.6 is 0 Å². The lowest BCUT2D eigenvalue weighted by Crippen LogP contribution is -2.43. The van der Waals surface area contributed by atoms with Crippen molar-refractivity contribution in [3.63, 3.8) is 0 Å². The first-order valence-corrected chi connectivity index (χ1v) is 10.7. The number of fused-ring (bicyclic) bond motifs is 1. The van der Waals surface area contributed by atoms with Gasteiger partial charge in [0.15, 0.2) is 5.52 Å². The quantitative estimate of drug-likeness (QED) is 0.598. The first-order chi connectivity index (χ1) is 12.8. The highest BCUT2D eigenvalue weighted by Crippen LogP contribution is 2.31. The van der Waals surface area contributed by atoms with Gasteiger partial charge in [0, 0.05) is 42.0 Å². The van der Waals surface area contributed by atoms with E-state index >= 15 is 0 Å². The molecule has 8 nitrogen and oxygen atoms in total. The van der Waals surface area contributed by atoms with Gasteiger partial charge in [-0.05, 0) is 32.3 Å². The minimum Gasteiger partial charge on any atom is -0.382 e. The van der Waals surface area contributed by atoms with E-state index in [4.69, 9.17) is 0 Å². The van der Waals surface area contributed by atoms with E-state index in [1.165, 1.54) is 6.07 Å². The predicted molar refractivity (Wildman–Crippen MR) is 105 cm³/mol. The van der Waals surface area contributed by atoms with Gasteiger partial charge in [-0.2, -0.15) is 0 Å². The fourth-order valence-electron chi connectivity index (χ4n) is 3.51. The molecule has 3 rings (SSSR count). The molecule has 1 fully saturated rings. The second-order valence-electron chi connectivity index (χ2n) is 6.88. The Morgan fingerprint density at radius 2 is 2.04 bits per heavy atom. The van der Waals surface area contributed by atoms with Crippen molar-refractivity contribution in [2.75, 3.05) is 24.2 Å². The number of hydrogen-bond acceptors (Lipinski definition) is 6. The third-order valence-electron chi connectivity index (χ3n) is 4.81. The fraction of sp³-hybridized carbons (Fsp3) is 0.500. The van der Waals surface area contributed by atoms with Crippen LogP contribution in [-0.4, -0.2) is 47.5 Å². The molecular formula is C18H24N4O4S. The summed E-state index contributed by atoms with van der Waals surface area (Å²) in [6, 6.07) is 6.92. The summed E-state index contributed by atoms with van der Waals surface area (Å²) in [7, 11) is -3.17. The lowest BCUT2D eigenvalue weighted by atomic mass is 10.0. The standard InChI is InChI=1S/C18H24N4O4S/c1-3-11-27(25,26)21-9-7-14(8-10-21)20-16-12-13(2)19-18-15(16)5-4-6-17(18)22(23)24/h4-6,12,14H,3,7-11H2,1-2H3,(H,19,20). The molecule has 0 spiro atoms. The number of nitro groups is 1. The number of anilines is 1. The maximum absolute atomic E-state index is 12.2. The minimum absolute atomic E-state index is 0.0141. The average Bonchev–Trinajstić information content (AvgIpc) is 2.61. The zero-order valence-corrected chi connectivity index (χ0v) is 16.3. The van der Waals surface area contributed by atoms with Crippen molar-refractivity contribution < 1.29 is 13.3 Å². The van der Waals surface area contributed by atoms with Crippen molar-refractivity contribution in [2.45, 2.75) is 39.2 Å². The van der Waals surface area contributed by atoms with Gasteiger partial charge < -0.3 is 5.32 Å². The number of aromatic nitrogens is 1. The Hall–Kier alpha value is -2.26. The third kappa shape index (κ3) is 4.19. The Morgan fingerprint density at radius 3 is 2.67 bits per heavy atom. The van der Waals surface area contributed by atoms with E-state index in [1.54, 1.807) is 17.3 Å². The van der Waals surface area contributed by atoms with Gasteiger partial charge in [0.25, 0.3) is 5.69 Å². The second-order valence-corrected chi connectivity index (χ2v) is 8.96. The Bertz CT molecular complexity index is 953. The first kappa shape index (κ1) is 19.5. The van der Waals surface area contributed by atoms with E-state index in [0.717, 1.165) is 5.69 Å². The third-order valence-corrected chi connectivity index (χ3v) is 6.89. The molecule has 0 saturated carbocycles. The van der Waals surface area contributed by atoms with Crippen LogP contribution in [0.3, 0.4) is 0 Å². The van der Waals surface area contributed by atoms with Crippen molar-refractivity contribution in [2.24, 2.45) is 0 Å². The number of nitrogens with one attached hydrogen (secondary N) is 1. The fourth-order valence-corrected chi connectivity index (χ4v) is 5.05. The van der Waals surface area contributed by atoms with Gasteiger partial charge in [-0.1, -0.05) is 19.1 Å². The van der Waals surface area contributed by atoms with Crippen LogP contribution in [0.5, 0.6) is 0 Å². The van der Waals surface area contributed by atoms with E-state index in [1.807, 2.05) is 19.1 Å². The molecule has 0 bridgehead atoms. The summed E-state index contributed by atoms with van der Waals surface area (Å²) < 4.78 is 26.0. The molecule has 1 saturated heterocycles. The van der Waals surface area contributed by atoms with Crippen LogP contribution in [0.15, 0.2) is 24.3 Å². The van der Waals surface area contributed by atoms with Crippen LogP contribution in [0.1, 0.15) is 31.9 Å². The smallest absolute Gasteiger partial charge is 0.295 e. The summed E-state index contributed by atoms with van der Waals surface area (Å²) in [5.41, 5.74) is 1.85. The predicted octanol–water partition coefficient (Wildman–Crippen LogP) is 3.07. The van der Waals surface area contributed by atoms with Crippen LogP contribution in [-0.2, 0) is 10.0 Å². The minimum atomic E-state index is -3.17. The highest BCUT2D eigenvalue weighted by atomic mass is 32.2. The lowest BCUT2D eigenvalue weighted by Gasteiger charge is -2.32. The molecule has 0 aliphatic carbocycles. The number of aryl methyl sites for hydroxylation is 1. The summed E-state index contributed by atoms with van der Waals surface area (Å²) in [5, 5.41) is 15.4. The van der Waals surface area contributed by atoms with E-state index in [9.17, 15) is 18.5 Å². The molecule has 27 heavy (non-hydrogen) atoms. The molecule has 2 aromatic rings. The summed E-state index contributed by atoms with van der Waals surface area (Å²) in [6.45, 7) is 4.65. The van der Waals surface area contributed by atoms with Gasteiger partial charge in [-0.25, -0.2) is 17.7 Å². The molecule has 0 unspecified atom stereocenters. The van der Waals surface area contributed by atoms with Crippen LogP contribution in [0, 0.1) is 17.0 Å². The summed E-state index contributed by atoms with van der Waals surface area (Å²) in [4.78, 5) is 15.2. The van der Waals surface area contributed by atoms with Gasteiger partial charge in [-0.3, -0.25) is 10.1 Å². The summed E-state index contributed by atoms with van der Waals surface area (Å²) in [6.07, 6.45) is 2.00. The van der Waals surface area contributed by atoms with Crippen molar-refractivity contribution in [3.05, 3.63) is 40.1 Å². The Kier molecular flexibility index (Phi) is 5.61. The van der Waals surface area contributed by atoms with E-state index < -0.39 is 14.9 Å². The number of benzene rings is 1.